The van der Waals surface area contributed by atoms with Gasteiger partial charge in [0.1, 0.15) is 0 Å². The average molecular weight is 378 g/mol. The molecular formula is C24H31N3O. The molecule has 1 aliphatic heterocycles. The first-order chi connectivity index (χ1) is 13.6. The number of likely N-dealkylation sites (N-methyl/N-ethyl adjacent to an activating group) is 1. The molecule has 0 saturated carbocycles. The van der Waals surface area contributed by atoms with Crippen LogP contribution in [0.15, 0.2) is 48.5 Å². The molecule has 1 aliphatic carbocycles. The molecule has 1 atom stereocenters. The number of hydrogen-bond donors (Lipinski definition) is 0. The number of hydrogen-bond acceptors (Lipinski definition) is 3. The van der Waals surface area contributed by atoms with E-state index < -0.39 is 0 Å². The third kappa shape index (κ3) is 4.07. The number of anilines is 1. The van der Waals surface area contributed by atoms with Crippen LogP contribution < -0.4 is 4.90 Å². The van der Waals surface area contributed by atoms with E-state index in [0.29, 0.717) is 12.6 Å². The van der Waals surface area contributed by atoms with Crippen molar-refractivity contribution in [2.45, 2.75) is 32.2 Å². The highest BCUT2D eigenvalue weighted by atomic mass is 16.2. The molecule has 148 valence electrons. The van der Waals surface area contributed by atoms with Crippen LogP contribution in [-0.2, 0) is 11.2 Å². The summed E-state index contributed by atoms with van der Waals surface area (Å²) in [6, 6.07) is 17.7. The molecular weight excluding hydrogens is 346 g/mol. The van der Waals surface area contributed by atoms with E-state index in [1.54, 1.807) is 0 Å². The van der Waals surface area contributed by atoms with Crippen LogP contribution in [0.2, 0.25) is 0 Å². The van der Waals surface area contributed by atoms with Crippen molar-refractivity contribution in [3.63, 3.8) is 0 Å². The summed E-state index contributed by atoms with van der Waals surface area (Å²) in [5.74, 6) is 0.259. The van der Waals surface area contributed by atoms with Gasteiger partial charge in [-0.1, -0.05) is 36.4 Å². The van der Waals surface area contributed by atoms with Gasteiger partial charge < -0.3 is 9.80 Å². The average Bonchev–Trinajstić information content (AvgIpc) is 2.73. The first-order valence-corrected chi connectivity index (χ1v) is 10.5. The number of aryl methyl sites for hydroxylation is 2. The fourth-order valence-electron chi connectivity index (χ4n) is 4.65. The van der Waals surface area contributed by atoms with Gasteiger partial charge in [0.2, 0.25) is 5.91 Å². The zero-order chi connectivity index (χ0) is 19.5. The smallest absolute Gasteiger partial charge is 0.236 e. The first-order valence-electron chi connectivity index (χ1n) is 10.5. The third-order valence-electron chi connectivity index (χ3n) is 6.25. The van der Waals surface area contributed by atoms with Crippen molar-refractivity contribution in [3.05, 3.63) is 65.2 Å². The van der Waals surface area contributed by atoms with Gasteiger partial charge in [0.05, 0.1) is 6.54 Å². The molecule has 0 bridgehead atoms. The van der Waals surface area contributed by atoms with Crippen molar-refractivity contribution in [2.75, 3.05) is 44.7 Å². The van der Waals surface area contributed by atoms with E-state index >= 15 is 0 Å². The number of nitrogens with zero attached hydrogens (tertiary/aromatic N) is 3. The minimum Gasteiger partial charge on any atom is -0.368 e. The minimum atomic E-state index is 0.259. The maximum atomic E-state index is 12.9. The van der Waals surface area contributed by atoms with Gasteiger partial charge >= 0.3 is 0 Å². The number of fused-ring (bicyclic) bond motifs is 1. The Balaban J connectivity index is 1.34. The molecule has 1 heterocycles. The summed E-state index contributed by atoms with van der Waals surface area (Å²) < 4.78 is 0. The Bertz CT molecular complexity index is 826. The number of benzene rings is 2. The number of amides is 1. The van der Waals surface area contributed by atoms with Crippen LogP contribution in [0.5, 0.6) is 0 Å². The van der Waals surface area contributed by atoms with E-state index in [1.807, 2.05) is 4.90 Å². The molecule has 2 aromatic rings. The molecule has 0 radical (unpaired) electrons. The normalized spacial score (nSPS) is 19.6. The number of carbonyl (C=O) groups is 1. The molecule has 0 aromatic heterocycles. The largest absolute Gasteiger partial charge is 0.368 e. The van der Waals surface area contributed by atoms with Crippen molar-refractivity contribution < 1.29 is 4.79 Å². The highest BCUT2D eigenvalue weighted by Crippen LogP contribution is 2.33. The van der Waals surface area contributed by atoms with Gasteiger partial charge in [-0.15, -0.1) is 0 Å². The van der Waals surface area contributed by atoms with Crippen molar-refractivity contribution in [1.29, 1.82) is 0 Å². The Morgan fingerprint density at radius 1 is 1.07 bits per heavy atom. The van der Waals surface area contributed by atoms with Gasteiger partial charge in [0.25, 0.3) is 0 Å². The molecule has 1 saturated heterocycles. The maximum Gasteiger partial charge on any atom is 0.236 e. The van der Waals surface area contributed by atoms with E-state index in [4.69, 9.17) is 0 Å². The third-order valence-corrected chi connectivity index (χ3v) is 6.25. The Kier molecular flexibility index (Phi) is 5.67. The zero-order valence-electron chi connectivity index (χ0n) is 17.1. The van der Waals surface area contributed by atoms with Crippen molar-refractivity contribution in [2.24, 2.45) is 0 Å². The molecule has 0 N–H and O–H groups in total. The van der Waals surface area contributed by atoms with E-state index in [1.165, 1.54) is 28.8 Å². The van der Waals surface area contributed by atoms with E-state index in [2.05, 4.69) is 72.3 Å². The molecule has 4 nitrogen and oxygen atoms in total. The van der Waals surface area contributed by atoms with Crippen LogP contribution in [0.25, 0.3) is 0 Å². The number of carbonyl (C=O) groups excluding carboxylic acids is 1. The second kappa shape index (κ2) is 8.36. The summed E-state index contributed by atoms with van der Waals surface area (Å²) in [6.07, 6.45) is 3.51. The fraction of sp³-hybridized carbons (Fsp3) is 0.458. The number of rotatable bonds is 4. The lowest BCUT2D eigenvalue weighted by atomic mass is 9.87. The number of piperazine rings is 1. The Hall–Kier alpha value is -2.33. The van der Waals surface area contributed by atoms with Gasteiger partial charge in [-0.05, 0) is 62.1 Å². The Morgan fingerprint density at radius 3 is 2.64 bits per heavy atom. The fourth-order valence-corrected chi connectivity index (χ4v) is 4.65. The topological polar surface area (TPSA) is 26.8 Å². The maximum absolute atomic E-state index is 12.9. The Labute approximate surface area is 168 Å². The van der Waals surface area contributed by atoms with Crippen LogP contribution in [0.4, 0.5) is 5.69 Å². The predicted octanol–water partition coefficient (Wildman–Crippen LogP) is 3.65. The summed E-state index contributed by atoms with van der Waals surface area (Å²) in [6.45, 7) is 6.06. The minimum absolute atomic E-state index is 0.259. The predicted molar refractivity (Wildman–Crippen MR) is 115 cm³/mol. The highest BCUT2D eigenvalue weighted by molar-refractivity contribution is 5.78. The summed E-state index contributed by atoms with van der Waals surface area (Å²) in [5, 5.41) is 0. The first kappa shape index (κ1) is 19.0. The molecule has 2 aliphatic rings. The van der Waals surface area contributed by atoms with E-state index in [9.17, 15) is 4.79 Å². The molecule has 2 aromatic carbocycles. The van der Waals surface area contributed by atoms with Crippen LogP contribution >= 0.6 is 0 Å². The van der Waals surface area contributed by atoms with E-state index in [0.717, 1.165) is 39.0 Å². The van der Waals surface area contributed by atoms with E-state index in [-0.39, 0.29) is 5.91 Å². The summed E-state index contributed by atoms with van der Waals surface area (Å²) in [7, 11) is 2.10. The molecule has 4 rings (SSSR count). The van der Waals surface area contributed by atoms with Crippen LogP contribution in [0, 0.1) is 6.92 Å². The quantitative estimate of drug-likeness (QED) is 0.814. The van der Waals surface area contributed by atoms with Crippen LogP contribution in [0.3, 0.4) is 0 Å². The summed E-state index contributed by atoms with van der Waals surface area (Å²) >= 11 is 0. The molecule has 1 amide bonds. The lowest BCUT2D eigenvalue weighted by Gasteiger charge is -2.38. The standard InChI is InChI=1S/C24H31N3O/c1-19-7-5-10-21(17-19)26-13-15-27(16-14-26)24(28)18-25(2)23-12-6-9-20-8-3-4-11-22(20)23/h3-5,7-8,10-11,17,23H,6,9,12-16,18H2,1-2H3. The van der Waals surface area contributed by atoms with Gasteiger partial charge in [-0.25, -0.2) is 0 Å². The molecule has 4 heteroatoms. The van der Waals surface area contributed by atoms with Crippen molar-refractivity contribution in [3.8, 4) is 0 Å². The van der Waals surface area contributed by atoms with Crippen LogP contribution in [0.1, 0.15) is 35.6 Å². The molecule has 1 fully saturated rings. The second-order valence-corrected chi connectivity index (χ2v) is 8.23. The van der Waals surface area contributed by atoms with Gasteiger partial charge in [-0.2, -0.15) is 0 Å². The van der Waals surface area contributed by atoms with Gasteiger partial charge in [0.15, 0.2) is 0 Å². The lowest BCUT2D eigenvalue weighted by Crippen LogP contribution is -2.51. The molecule has 1 unspecified atom stereocenters. The second-order valence-electron chi connectivity index (χ2n) is 8.23. The van der Waals surface area contributed by atoms with Gasteiger partial charge in [-0.3, -0.25) is 9.69 Å². The van der Waals surface area contributed by atoms with Gasteiger partial charge in [0, 0.05) is 37.9 Å². The Morgan fingerprint density at radius 2 is 1.86 bits per heavy atom. The van der Waals surface area contributed by atoms with Crippen molar-refractivity contribution >= 4 is 11.6 Å². The van der Waals surface area contributed by atoms with Crippen LogP contribution in [-0.4, -0.2) is 55.5 Å². The SMILES string of the molecule is Cc1cccc(N2CCN(C(=O)CN(C)C3CCCc4ccccc43)CC2)c1. The molecule has 0 spiro atoms. The molecule has 28 heavy (non-hydrogen) atoms. The monoisotopic (exact) mass is 377 g/mol. The zero-order valence-corrected chi connectivity index (χ0v) is 17.1. The van der Waals surface area contributed by atoms with Crippen molar-refractivity contribution in [1.82, 2.24) is 9.80 Å². The summed E-state index contributed by atoms with van der Waals surface area (Å²) in [5.41, 5.74) is 5.41. The lowest BCUT2D eigenvalue weighted by molar-refractivity contribution is -0.133. The summed E-state index contributed by atoms with van der Waals surface area (Å²) in [4.78, 5) is 19.6. The highest BCUT2D eigenvalue weighted by Gasteiger charge is 2.27.